The second-order valence-electron chi connectivity index (χ2n) is 7.63. The Morgan fingerprint density at radius 3 is 2.62 bits per heavy atom. The van der Waals surface area contributed by atoms with E-state index in [1.165, 1.54) is 11.1 Å². The highest BCUT2D eigenvalue weighted by atomic mass is 16.6. The van der Waals surface area contributed by atoms with E-state index in [9.17, 15) is 4.79 Å². The van der Waals surface area contributed by atoms with Gasteiger partial charge in [-0.25, -0.2) is 4.79 Å². The lowest BCUT2D eigenvalue weighted by Crippen LogP contribution is -2.43. The van der Waals surface area contributed by atoms with Crippen LogP contribution in [0.2, 0.25) is 0 Å². The van der Waals surface area contributed by atoms with Crippen molar-refractivity contribution in [2.75, 3.05) is 19.6 Å². The highest BCUT2D eigenvalue weighted by molar-refractivity contribution is 5.68. The van der Waals surface area contributed by atoms with E-state index in [1.54, 1.807) is 0 Å². The van der Waals surface area contributed by atoms with Gasteiger partial charge in [-0.2, -0.15) is 0 Å². The van der Waals surface area contributed by atoms with Crippen LogP contribution in [-0.2, 0) is 17.6 Å². The Kier molecular flexibility index (Phi) is 6.67. The molecule has 1 aromatic rings. The average Bonchev–Trinajstić information content (AvgIpc) is 2.52. The highest BCUT2D eigenvalue weighted by Crippen LogP contribution is 2.20. The van der Waals surface area contributed by atoms with Crippen molar-refractivity contribution in [2.45, 2.75) is 65.0 Å². The third-order valence-corrected chi connectivity index (χ3v) is 4.31. The molecule has 1 atom stereocenters. The second-order valence-corrected chi connectivity index (χ2v) is 7.63. The van der Waals surface area contributed by atoms with E-state index in [1.807, 2.05) is 25.7 Å². The van der Waals surface area contributed by atoms with E-state index >= 15 is 0 Å². The fourth-order valence-electron chi connectivity index (χ4n) is 3.17. The Morgan fingerprint density at radius 2 is 1.96 bits per heavy atom. The first kappa shape index (κ1) is 18.8. The van der Waals surface area contributed by atoms with Gasteiger partial charge in [0, 0.05) is 25.7 Å². The lowest BCUT2D eigenvalue weighted by molar-refractivity contribution is 0.0250. The third-order valence-electron chi connectivity index (χ3n) is 4.31. The molecule has 1 aliphatic rings. The molecule has 1 unspecified atom stereocenters. The predicted molar refractivity (Wildman–Crippen MR) is 98.4 cm³/mol. The minimum atomic E-state index is -0.441. The fourth-order valence-corrected chi connectivity index (χ4v) is 3.17. The summed E-state index contributed by atoms with van der Waals surface area (Å²) in [6, 6.07) is 9.20. The molecule has 0 saturated heterocycles. The Balaban J connectivity index is 1.80. The maximum Gasteiger partial charge on any atom is 0.410 e. The van der Waals surface area contributed by atoms with Gasteiger partial charge in [0.05, 0.1) is 0 Å². The minimum Gasteiger partial charge on any atom is -0.444 e. The first-order valence-electron chi connectivity index (χ1n) is 9.17. The molecule has 24 heavy (non-hydrogen) atoms. The molecule has 0 spiro atoms. The maximum absolute atomic E-state index is 12.3. The van der Waals surface area contributed by atoms with E-state index in [2.05, 4.69) is 36.5 Å². The quantitative estimate of drug-likeness (QED) is 0.862. The number of carbonyl (C=O) groups is 1. The number of hydrogen-bond donors (Lipinski definition) is 1. The molecule has 1 amide bonds. The summed E-state index contributed by atoms with van der Waals surface area (Å²) in [6.07, 6.45) is 4.11. The molecule has 4 heteroatoms. The van der Waals surface area contributed by atoms with Crippen molar-refractivity contribution >= 4 is 6.09 Å². The number of carbonyl (C=O) groups excluding carboxylic acids is 1. The summed E-state index contributed by atoms with van der Waals surface area (Å²) < 4.78 is 5.50. The number of ether oxygens (including phenoxy) is 1. The molecule has 2 rings (SSSR count). The summed E-state index contributed by atoms with van der Waals surface area (Å²) in [5, 5.41) is 3.62. The van der Waals surface area contributed by atoms with Crippen LogP contribution < -0.4 is 5.32 Å². The zero-order chi connectivity index (χ0) is 17.6. The molecular weight excluding hydrogens is 300 g/mol. The van der Waals surface area contributed by atoms with Gasteiger partial charge in [0.2, 0.25) is 0 Å². The van der Waals surface area contributed by atoms with Crippen LogP contribution in [0.5, 0.6) is 0 Å². The highest BCUT2D eigenvalue weighted by Gasteiger charge is 2.22. The van der Waals surface area contributed by atoms with Crippen molar-refractivity contribution in [3.8, 4) is 0 Å². The van der Waals surface area contributed by atoms with Gasteiger partial charge in [0.25, 0.3) is 0 Å². The zero-order valence-corrected chi connectivity index (χ0v) is 15.6. The number of fused-ring (bicyclic) bond motifs is 1. The van der Waals surface area contributed by atoms with Gasteiger partial charge < -0.3 is 15.0 Å². The average molecular weight is 332 g/mol. The van der Waals surface area contributed by atoms with Crippen molar-refractivity contribution < 1.29 is 9.53 Å². The molecular formula is C20H32N2O2. The van der Waals surface area contributed by atoms with Crippen molar-refractivity contribution in [2.24, 2.45) is 0 Å². The van der Waals surface area contributed by atoms with Gasteiger partial charge in [-0.05, 0) is 57.6 Å². The number of amides is 1. The summed E-state index contributed by atoms with van der Waals surface area (Å²) in [6.45, 7) is 10.1. The number of aryl methyl sites for hydroxylation is 1. The van der Waals surface area contributed by atoms with E-state index in [-0.39, 0.29) is 6.09 Å². The van der Waals surface area contributed by atoms with Crippen molar-refractivity contribution in [3.63, 3.8) is 0 Å². The number of nitrogens with zero attached hydrogens (tertiary/aromatic N) is 1. The summed E-state index contributed by atoms with van der Waals surface area (Å²) in [7, 11) is 0. The molecule has 1 aromatic carbocycles. The molecule has 0 aromatic heterocycles. The Labute approximate surface area is 146 Å². The number of hydrogen-bond acceptors (Lipinski definition) is 3. The summed E-state index contributed by atoms with van der Waals surface area (Å²) in [5.74, 6) is 0. The van der Waals surface area contributed by atoms with Crippen LogP contribution in [0.3, 0.4) is 0 Å². The largest absolute Gasteiger partial charge is 0.444 e. The molecule has 4 nitrogen and oxygen atoms in total. The van der Waals surface area contributed by atoms with Crippen molar-refractivity contribution in [3.05, 3.63) is 35.4 Å². The number of benzene rings is 1. The van der Waals surface area contributed by atoms with Crippen LogP contribution in [-0.4, -0.2) is 42.3 Å². The van der Waals surface area contributed by atoms with Crippen molar-refractivity contribution in [1.29, 1.82) is 0 Å². The van der Waals surface area contributed by atoms with Crippen LogP contribution in [0.4, 0.5) is 4.79 Å². The Bertz CT molecular complexity index is 537. The van der Waals surface area contributed by atoms with Crippen LogP contribution in [0, 0.1) is 0 Å². The van der Waals surface area contributed by atoms with Crippen LogP contribution in [0.1, 0.15) is 51.7 Å². The zero-order valence-electron chi connectivity index (χ0n) is 15.6. The van der Waals surface area contributed by atoms with Gasteiger partial charge in [0.15, 0.2) is 0 Å². The SMILES string of the molecule is CCCN(CCNC1CCc2ccccc2C1)C(=O)OC(C)(C)C. The molecule has 0 bridgehead atoms. The van der Waals surface area contributed by atoms with Crippen molar-refractivity contribution in [1.82, 2.24) is 10.2 Å². The molecule has 0 fully saturated rings. The number of rotatable bonds is 6. The standard InChI is InChI=1S/C20H32N2O2/c1-5-13-22(19(23)24-20(2,3)4)14-12-21-18-11-10-16-8-6-7-9-17(16)15-18/h6-9,18,21H,5,10-15H2,1-4H3. The minimum absolute atomic E-state index is 0.208. The maximum atomic E-state index is 12.3. The van der Waals surface area contributed by atoms with E-state index < -0.39 is 5.60 Å². The van der Waals surface area contributed by atoms with E-state index in [0.717, 1.165) is 38.8 Å². The molecule has 0 saturated carbocycles. The smallest absolute Gasteiger partial charge is 0.410 e. The fraction of sp³-hybridized carbons (Fsp3) is 0.650. The summed E-state index contributed by atoms with van der Waals surface area (Å²) >= 11 is 0. The topological polar surface area (TPSA) is 41.6 Å². The molecule has 134 valence electrons. The van der Waals surface area contributed by atoms with Crippen LogP contribution >= 0.6 is 0 Å². The third kappa shape index (κ3) is 5.82. The normalized spacial score (nSPS) is 17.2. The van der Waals surface area contributed by atoms with Gasteiger partial charge in [-0.1, -0.05) is 31.2 Å². The van der Waals surface area contributed by atoms with Gasteiger partial charge in [-0.15, -0.1) is 0 Å². The first-order chi connectivity index (χ1) is 11.4. The molecule has 0 aliphatic heterocycles. The summed E-state index contributed by atoms with van der Waals surface area (Å²) in [5.41, 5.74) is 2.50. The van der Waals surface area contributed by atoms with E-state index in [0.29, 0.717) is 12.6 Å². The lowest BCUT2D eigenvalue weighted by Gasteiger charge is -2.29. The first-order valence-corrected chi connectivity index (χ1v) is 9.17. The number of nitrogens with one attached hydrogen (secondary N) is 1. The van der Waals surface area contributed by atoms with Crippen LogP contribution in [0.15, 0.2) is 24.3 Å². The molecule has 0 radical (unpaired) electrons. The summed E-state index contributed by atoms with van der Waals surface area (Å²) in [4.78, 5) is 14.1. The Morgan fingerprint density at radius 1 is 1.25 bits per heavy atom. The molecule has 0 heterocycles. The van der Waals surface area contributed by atoms with E-state index in [4.69, 9.17) is 4.74 Å². The predicted octanol–water partition coefficient (Wildman–Crippen LogP) is 3.78. The second kappa shape index (κ2) is 8.52. The Hall–Kier alpha value is -1.55. The van der Waals surface area contributed by atoms with Gasteiger partial charge in [0.1, 0.15) is 5.60 Å². The molecule has 1 aliphatic carbocycles. The monoisotopic (exact) mass is 332 g/mol. The van der Waals surface area contributed by atoms with Gasteiger partial charge in [-0.3, -0.25) is 0 Å². The lowest BCUT2D eigenvalue weighted by atomic mass is 9.88. The van der Waals surface area contributed by atoms with Crippen LogP contribution in [0.25, 0.3) is 0 Å². The van der Waals surface area contributed by atoms with Gasteiger partial charge >= 0.3 is 6.09 Å². The molecule has 1 N–H and O–H groups in total.